The van der Waals surface area contributed by atoms with E-state index in [0.29, 0.717) is 42.5 Å². The molecule has 1 fully saturated rings. The molecule has 0 aromatic carbocycles. The molecule has 0 saturated carbocycles. The zero-order valence-electron chi connectivity index (χ0n) is 21.9. The first-order valence-corrected chi connectivity index (χ1v) is 12.5. The SMILES string of the molecule is CCOC(=O)c1nc2c(NCC3CCN(C(=O)OC(C)(C)C)CC3)nc(-c3ccncc3F)cn2c1C. The number of nitrogens with zero attached hydrogens (tertiary/aromatic N) is 5. The minimum atomic E-state index is -0.531. The van der Waals surface area contributed by atoms with E-state index in [0.717, 1.165) is 19.0 Å². The number of imidazole rings is 1. The topological polar surface area (TPSA) is 111 Å². The van der Waals surface area contributed by atoms with E-state index in [-0.39, 0.29) is 29.9 Å². The van der Waals surface area contributed by atoms with Crippen LogP contribution in [0.2, 0.25) is 0 Å². The van der Waals surface area contributed by atoms with Gasteiger partial charge in [-0.05, 0) is 59.4 Å². The fourth-order valence-corrected chi connectivity index (χ4v) is 4.27. The molecule has 37 heavy (non-hydrogen) atoms. The second kappa shape index (κ2) is 10.7. The van der Waals surface area contributed by atoms with E-state index in [1.165, 1.54) is 6.20 Å². The van der Waals surface area contributed by atoms with Crippen LogP contribution in [0.5, 0.6) is 0 Å². The van der Waals surface area contributed by atoms with Gasteiger partial charge in [0.05, 0.1) is 24.2 Å². The zero-order valence-corrected chi connectivity index (χ0v) is 21.9. The van der Waals surface area contributed by atoms with Gasteiger partial charge in [0.2, 0.25) is 0 Å². The molecule has 1 N–H and O–H groups in total. The van der Waals surface area contributed by atoms with Crippen molar-refractivity contribution in [1.29, 1.82) is 0 Å². The monoisotopic (exact) mass is 512 g/mol. The number of ether oxygens (including phenoxy) is 2. The van der Waals surface area contributed by atoms with Crippen LogP contribution in [0.1, 0.15) is 56.7 Å². The van der Waals surface area contributed by atoms with Gasteiger partial charge >= 0.3 is 12.1 Å². The van der Waals surface area contributed by atoms with Crippen LogP contribution < -0.4 is 5.32 Å². The van der Waals surface area contributed by atoms with Gasteiger partial charge in [0, 0.05) is 37.6 Å². The molecule has 1 saturated heterocycles. The van der Waals surface area contributed by atoms with Crippen LogP contribution in [0.25, 0.3) is 16.9 Å². The number of amides is 1. The number of rotatable bonds is 6. The maximum atomic E-state index is 14.6. The first-order chi connectivity index (χ1) is 17.6. The third-order valence-corrected chi connectivity index (χ3v) is 6.19. The summed E-state index contributed by atoms with van der Waals surface area (Å²) in [7, 11) is 0. The van der Waals surface area contributed by atoms with Gasteiger partial charge in [0.25, 0.3) is 0 Å². The number of piperidine rings is 1. The highest BCUT2D eigenvalue weighted by Gasteiger charge is 2.27. The van der Waals surface area contributed by atoms with Crippen LogP contribution in [0.3, 0.4) is 0 Å². The molecular weight excluding hydrogens is 479 g/mol. The molecule has 1 amide bonds. The summed E-state index contributed by atoms with van der Waals surface area (Å²) < 4.78 is 26.9. The Bertz CT molecular complexity index is 1290. The molecule has 0 spiro atoms. The van der Waals surface area contributed by atoms with E-state index in [1.54, 1.807) is 35.4 Å². The summed E-state index contributed by atoms with van der Waals surface area (Å²) >= 11 is 0. The number of nitrogens with one attached hydrogen (secondary N) is 1. The van der Waals surface area contributed by atoms with Gasteiger partial charge < -0.3 is 19.7 Å². The summed E-state index contributed by atoms with van der Waals surface area (Å²) in [4.78, 5) is 39.6. The van der Waals surface area contributed by atoms with Crippen molar-refractivity contribution < 1.29 is 23.5 Å². The average molecular weight is 513 g/mol. The Morgan fingerprint density at radius 2 is 1.95 bits per heavy atom. The minimum Gasteiger partial charge on any atom is -0.461 e. The highest BCUT2D eigenvalue weighted by molar-refractivity contribution is 5.90. The number of hydrogen-bond acceptors (Lipinski definition) is 8. The summed E-state index contributed by atoms with van der Waals surface area (Å²) in [5, 5.41) is 3.36. The molecular formula is C26H33FN6O4. The lowest BCUT2D eigenvalue weighted by molar-refractivity contribution is 0.0187. The predicted octanol–water partition coefficient (Wildman–Crippen LogP) is 4.47. The van der Waals surface area contributed by atoms with Gasteiger partial charge in [0.15, 0.2) is 23.0 Å². The number of carbonyl (C=O) groups is 2. The van der Waals surface area contributed by atoms with Crippen molar-refractivity contribution in [3.05, 3.63) is 41.9 Å². The summed E-state index contributed by atoms with van der Waals surface area (Å²) in [5.74, 6) is -0.316. The summed E-state index contributed by atoms with van der Waals surface area (Å²) in [6.07, 6.45) is 5.58. The third-order valence-electron chi connectivity index (χ3n) is 6.19. The number of pyridine rings is 1. The summed E-state index contributed by atoms with van der Waals surface area (Å²) in [5.41, 5.74) is 1.34. The van der Waals surface area contributed by atoms with E-state index in [9.17, 15) is 14.0 Å². The Balaban J connectivity index is 1.57. The Kier molecular flexibility index (Phi) is 7.60. The van der Waals surface area contributed by atoms with Crippen LogP contribution in [-0.4, -0.2) is 68.2 Å². The van der Waals surface area contributed by atoms with Crippen molar-refractivity contribution in [2.24, 2.45) is 5.92 Å². The molecule has 11 heteroatoms. The Morgan fingerprint density at radius 1 is 1.22 bits per heavy atom. The van der Waals surface area contributed by atoms with Crippen molar-refractivity contribution in [3.63, 3.8) is 0 Å². The van der Waals surface area contributed by atoms with Gasteiger partial charge in [-0.3, -0.25) is 9.38 Å². The van der Waals surface area contributed by atoms with Crippen molar-refractivity contribution in [2.45, 2.75) is 53.1 Å². The summed E-state index contributed by atoms with van der Waals surface area (Å²) in [6.45, 7) is 11.1. The molecule has 198 valence electrons. The molecule has 1 aliphatic rings. The number of carbonyl (C=O) groups excluding carboxylic acids is 2. The predicted molar refractivity (Wildman–Crippen MR) is 136 cm³/mol. The van der Waals surface area contributed by atoms with Gasteiger partial charge in [0.1, 0.15) is 5.60 Å². The van der Waals surface area contributed by atoms with Gasteiger partial charge in [-0.1, -0.05) is 0 Å². The van der Waals surface area contributed by atoms with E-state index in [2.05, 4.69) is 20.3 Å². The van der Waals surface area contributed by atoms with Crippen molar-refractivity contribution in [1.82, 2.24) is 24.3 Å². The molecule has 0 atom stereocenters. The zero-order chi connectivity index (χ0) is 26.7. The van der Waals surface area contributed by atoms with Crippen LogP contribution in [0.4, 0.5) is 15.0 Å². The van der Waals surface area contributed by atoms with Crippen LogP contribution in [-0.2, 0) is 9.47 Å². The highest BCUT2D eigenvalue weighted by atomic mass is 19.1. The normalized spacial score (nSPS) is 14.6. The van der Waals surface area contributed by atoms with Crippen LogP contribution >= 0.6 is 0 Å². The molecule has 4 rings (SSSR count). The molecule has 1 aliphatic heterocycles. The highest BCUT2D eigenvalue weighted by Crippen LogP contribution is 2.27. The number of hydrogen-bond donors (Lipinski definition) is 1. The molecule has 0 radical (unpaired) electrons. The second-order valence-electron chi connectivity index (χ2n) is 10.1. The van der Waals surface area contributed by atoms with Gasteiger partial charge in [-0.15, -0.1) is 0 Å². The average Bonchev–Trinajstić information content (AvgIpc) is 3.19. The fraction of sp³-hybridized carbons (Fsp3) is 0.500. The Hall–Kier alpha value is -3.76. The molecule has 4 heterocycles. The number of anilines is 1. The van der Waals surface area contributed by atoms with Crippen molar-refractivity contribution in [2.75, 3.05) is 31.6 Å². The molecule has 3 aromatic heterocycles. The Morgan fingerprint density at radius 3 is 2.59 bits per heavy atom. The maximum absolute atomic E-state index is 14.6. The maximum Gasteiger partial charge on any atom is 0.410 e. The first-order valence-electron chi connectivity index (χ1n) is 12.5. The fourth-order valence-electron chi connectivity index (χ4n) is 4.27. The van der Waals surface area contributed by atoms with E-state index < -0.39 is 17.4 Å². The number of aromatic nitrogens is 4. The lowest BCUT2D eigenvalue weighted by atomic mass is 9.97. The molecule has 0 aliphatic carbocycles. The van der Waals surface area contributed by atoms with Crippen molar-refractivity contribution in [3.8, 4) is 11.3 Å². The lowest BCUT2D eigenvalue weighted by Crippen LogP contribution is -2.42. The number of fused-ring (bicyclic) bond motifs is 1. The number of aryl methyl sites for hydroxylation is 1. The smallest absolute Gasteiger partial charge is 0.410 e. The molecule has 10 nitrogen and oxygen atoms in total. The lowest BCUT2D eigenvalue weighted by Gasteiger charge is -2.33. The Labute approximate surface area is 215 Å². The van der Waals surface area contributed by atoms with E-state index in [4.69, 9.17) is 9.47 Å². The molecule has 0 bridgehead atoms. The standard InChI is InChI=1S/C26H33FN6O4/c1-6-36-24(34)21-16(2)33-15-20(18-7-10-28-14-19(18)27)30-22(23(33)31-21)29-13-17-8-11-32(12-9-17)25(35)37-26(3,4)5/h7,10,14-15,17H,6,8-9,11-13H2,1-5H3,(H,29,30). The van der Waals surface area contributed by atoms with Gasteiger partial charge in [-0.2, -0.15) is 0 Å². The van der Waals surface area contributed by atoms with Crippen LogP contribution in [0, 0.1) is 18.7 Å². The summed E-state index contributed by atoms with van der Waals surface area (Å²) in [6, 6.07) is 1.55. The van der Waals surface area contributed by atoms with E-state index in [1.807, 2.05) is 20.8 Å². The molecule has 3 aromatic rings. The quantitative estimate of drug-likeness (QED) is 0.482. The molecule has 0 unspecified atom stereocenters. The minimum absolute atomic E-state index is 0.185. The van der Waals surface area contributed by atoms with Crippen molar-refractivity contribution >= 4 is 23.5 Å². The second-order valence-corrected chi connectivity index (χ2v) is 10.1. The van der Waals surface area contributed by atoms with E-state index >= 15 is 0 Å². The van der Waals surface area contributed by atoms with Gasteiger partial charge in [-0.25, -0.2) is 23.9 Å². The number of halogens is 1. The third kappa shape index (κ3) is 5.98. The number of esters is 1. The number of likely N-dealkylation sites (tertiary alicyclic amines) is 1. The largest absolute Gasteiger partial charge is 0.461 e. The van der Waals surface area contributed by atoms with Crippen LogP contribution in [0.15, 0.2) is 24.7 Å². The first kappa shape index (κ1) is 26.3.